The summed E-state index contributed by atoms with van der Waals surface area (Å²) < 4.78 is 13.9. The Hall–Kier alpha value is -3.34. The van der Waals surface area contributed by atoms with Gasteiger partial charge in [0.1, 0.15) is 0 Å². The van der Waals surface area contributed by atoms with E-state index in [1.54, 1.807) is 26.0 Å². The van der Waals surface area contributed by atoms with Crippen LogP contribution in [-0.4, -0.2) is 16.6 Å². The normalized spacial score (nSPS) is 10.0. The fourth-order valence-corrected chi connectivity index (χ4v) is 2.91. The lowest BCUT2D eigenvalue weighted by molar-refractivity contribution is 0.102. The molecule has 1 aromatic heterocycles. The first kappa shape index (κ1) is 22.0. The van der Waals surface area contributed by atoms with Crippen molar-refractivity contribution < 1.29 is 9.18 Å². The number of pyridine rings is 1. The number of aromatic nitrogens is 1. The molecule has 1 heterocycles. The molecule has 0 aliphatic rings. The van der Waals surface area contributed by atoms with Crippen LogP contribution >= 0.6 is 0 Å². The summed E-state index contributed by atoms with van der Waals surface area (Å²) in [6, 6.07) is 13.3. The fraction of sp³-hybridized carbons (Fsp3) is 0.208. The molecule has 0 atom stereocenters. The maximum Gasteiger partial charge on any atom is 0.259 e. The summed E-state index contributed by atoms with van der Waals surface area (Å²) in [5, 5.41) is 10.5. The molecule has 0 fully saturated rings. The van der Waals surface area contributed by atoms with Crippen LogP contribution in [0.25, 0.3) is 11.1 Å². The Morgan fingerprint density at radius 1 is 1.00 bits per heavy atom. The summed E-state index contributed by atoms with van der Waals surface area (Å²) in [5.74, 6) is -1.14. The average Bonchev–Trinajstić information content (AvgIpc) is 2.70. The second-order valence-corrected chi connectivity index (χ2v) is 6.50. The highest BCUT2D eigenvalue weighted by Gasteiger charge is 2.15. The minimum atomic E-state index is -0.640. The van der Waals surface area contributed by atoms with E-state index in [2.05, 4.69) is 10.3 Å². The van der Waals surface area contributed by atoms with Gasteiger partial charge in [0.2, 0.25) is 0 Å². The first-order valence-corrected chi connectivity index (χ1v) is 9.55. The predicted octanol–water partition coefficient (Wildman–Crippen LogP) is 6.17. The number of hydrogen-bond acceptors (Lipinski definition) is 3. The Morgan fingerprint density at radius 2 is 1.66 bits per heavy atom. The number of benzene rings is 2. The number of rotatable bonds is 4. The van der Waals surface area contributed by atoms with Gasteiger partial charge in [0.15, 0.2) is 5.82 Å². The molecule has 0 aliphatic carbocycles. The van der Waals surface area contributed by atoms with Gasteiger partial charge in [0.25, 0.3) is 5.91 Å². The maximum atomic E-state index is 13.9. The van der Waals surface area contributed by atoms with Crippen molar-refractivity contribution in [2.45, 2.75) is 34.6 Å². The third-order valence-corrected chi connectivity index (χ3v) is 4.44. The molecule has 2 aromatic carbocycles. The molecular weight excluding hydrogens is 365 g/mol. The van der Waals surface area contributed by atoms with Crippen LogP contribution in [0.2, 0.25) is 0 Å². The van der Waals surface area contributed by atoms with Gasteiger partial charge >= 0.3 is 0 Å². The van der Waals surface area contributed by atoms with E-state index in [0.717, 1.165) is 28.5 Å². The number of hydrogen-bond donors (Lipinski definition) is 2. The van der Waals surface area contributed by atoms with Crippen molar-refractivity contribution in [3.8, 4) is 11.1 Å². The molecule has 29 heavy (non-hydrogen) atoms. The topological polar surface area (TPSA) is 65.8 Å². The highest BCUT2D eigenvalue weighted by Crippen LogP contribution is 2.26. The lowest BCUT2D eigenvalue weighted by Crippen LogP contribution is -2.15. The van der Waals surface area contributed by atoms with Gasteiger partial charge < -0.3 is 10.7 Å². The van der Waals surface area contributed by atoms with Gasteiger partial charge in [0, 0.05) is 17.6 Å². The molecule has 0 saturated heterocycles. The molecular formula is C24H26FN3O. The third kappa shape index (κ3) is 5.13. The summed E-state index contributed by atoms with van der Waals surface area (Å²) in [7, 11) is 0. The molecule has 150 valence electrons. The van der Waals surface area contributed by atoms with E-state index in [4.69, 9.17) is 5.41 Å². The Bertz CT molecular complexity index is 1010. The molecule has 2 N–H and O–H groups in total. The highest BCUT2D eigenvalue weighted by atomic mass is 19.1. The largest absolute Gasteiger partial charge is 0.322 e. The van der Waals surface area contributed by atoms with Gasteiger partial charge in [-0.2, -0.15) is 0 Å². The molecule has 0 aliphatic heterocycles. The second kappa shape index (κ2) is 9.73. The Kier molecular flexibility index (Phi) is 7.37. The van der Waals surface area contributed by atoms with Crippen LogP contribution in [0.15, 0.2) is 54.9 Å². The van der Waals surface area contributed by atoms with Crippen molar-refractivity contribution >= 4 is 17.3 Å². The molecule has 3 rings (SSSR count). The number of anilines is 1. The van der Waals surface area contributed by atoms with Crippen molar-refractivity contribution in [3.63, 3.8) is 0 Å². The van der Waals surface area contributed by atoms with Crippen molar-refractivity contribution in [2.24, 2.45) is 0 Å². The molecule has 0 saturated carbocycles. The Labute approximate surface area is 171 Å². The molecule has 5 heteroatoms. The number of carbonyl (C=O) groups is 1. The van der Waals surface area contributed by atoms with Gasteiger partial charge in [-0.1, -0.05) is 38.1 Å². The van der Waals surface area contributed by atoms with Crippen LogP contribution in [0, 0.1) is 25.1 Å². The fourth-order valence-electron chi connectivity index (χ4n) is 2.91. The molecule has 0 radical (unpaired) electrons. The zero-order valence-electron chi connectivity index (χ0n) is 17.4. The average molecular weight is 391 g/mol. The maximum absolute atomic E-state index is 13.9. The zero-order valence-corrected chi connectivity index (χ0v) is 17.4. The second-order valence-electron chi connectivity index (χ2n) is 6.50. The molecule has 1 amide bonds. The minimum Gasteiger partial charge on any atom is -0.322 e. The number of nitrogens with one attached hydrogen (secondary N) is 2. The summed E-state index contributed by atoms with van der Waals surface area (Å²) >= 11 is 0. The Morgan fingerprint density at radius 3 is 2.24 bits per heavy atom. The molecule has 3 aromatic rings. The van der Waals surface area contributed by atoms with E-state index < -0.39 is 11.7 Å². The number of nitrogens with zero attached hydrogens (tertiary/aromatic N) is 1. The minimum absolute atomic E-state index is 0.000852. The monoisotopic (exact) mass is 391 g/mol. The van der Waals surface area contributed by atoms with Gasteiger partial charge in [-0.05, 0) is 66.8 Å². The third-order valence-electron chi connectivity index (χ3n) is 4.44. The predicted molar refractivity (Wildman–Crippen MR) is 117 cm³/mol. The molecule has 0 bridgehead atoms. The van der Waals surface area contributed by atoms with Crippen molar-refractivity contribution in [3.05, 3.63) is 82.9 Å². The number of amides is 1. The van der Waals surface area contributed by atoms with Gasteiger partial charge in [-0.15, -0.1) is 0 Å². The first-order chi connectivity index (χ1) is 13.9. The van der Waals surface area contributed by atoms with Crippen LogP contribution in [0.1, 0.15) is 47.8 Å². The molecule has 4 nitrogen and oxygen atoms in total. The van der Waals surface area contributed by atoms with Crippen LogP contribution < -0.4 is 5.32 Å². The van der Waals surface area contributed by atoms with Crippen molar-refractivity contribution in [2.75, 3.05) is 5.32 Å². The quantitative estimate of drug-likeness (QED) is 0.522. The molecule has 0 unspecified atom stereocenters. The van der Waals surface area contributed by atoms with E-state index in [0.29, 0.717) is 17.0 Å². The smallest absolute Gasteiger partial charge is 0.259 e. The van der Waals surface area contributed by atoms with Crippen LogP contribution in [0.3, 0.4) is 0 Å². The van der Waals surface area contributed by atoms with E-state index >= 15 is 0 Å². The number of halogens is 1. The lowest BCUT2D eigenvalue weighted by Gasteiger charge is -2.11. The van der Waals surface area contributed by atoms with Crippen LogP contribution in [0.5, 0.6) is 0 Å². The van der Waals surface area contributed by atoms with E-state index in [9.17, 15) is 9.18 Å². The Balaban J connectivity index is 0.00000145. The van der Waals surface area contributed by atoms with E-state index in [1.165, 1.54) is 6.20 Å². The van der Waals surface area contributed by atoms with Gasteiger partial charge in [0.05, 0.1) is 11.8 Å². The molecule has 0 spiro atoms. The SMILES string of the molecule is CC.CC(=N)c1ccc(C)c(-c2ccc(NC(=O)c3c(C)cncc3F)cc2)c1. The highest BCUT2D eigenvalue weighted by molar-refractivity contribution is 6.05. The standard InChI is InChI=1S/C22H20FN3O.C2H6/c1-13-4-5-17(15(3)24)10-19(13)16-6-8-18(9-7-16)26-22(27)21-14(2)11-25-12-20(21)23;1-2/h4-12,24H,1-3H3,(H,26,27);1-2H3. The summed E-state index contributed by atoms with van der Waals surface area (Å²) in [6.07, 6.45) is 2.49. The summed E-state index contributed by atoms with van der Waals surface area (Å²) in [4.78, 5) is 16.1. The van der Waals surface area contributed by atoms with Crippen molar-refractivity contribution in [1.82, 2.24) is 4.98 Å². The lowest BCUT2D eigenvalue weighted by atomic mass is 9.96. The zero-order chi connectivity index (χ0) is 21.6. The van der Waals surface area contributed by atoms with Gasteiger partial charge in [-0.25, -0.2) is 4.39 Å². The summed E-state index contributed by atoms with van der Waals surface area (Å²) in [5.41, 5.74) is 5.57. The van der Waals surface area contributed by atoms with Crippen LogP contribution in [-0.2, 0) is 0 Å². The van der Waals surface area contributed by atoms with Crippen LogP contribution in [0.4, 0.5) is 10.1 Å². The van der Waals surface area contributed by atoms with Gasteiger partial charge in [-0.3, -0.25) is 9.78 Å². The first-order valence-electron chi connectivity index (χ1n) is 9.55. The summed E-state index contributed by atoms with van der Waals surface area (Å²) in [6.45, 7) is 9.42. The van der Waals surface area contributed by atoms with E-state index in [1.807, 2.05) is 51.1 Å². The van der Waals surface area contributed by atoms with Crippen molar-refractivity contribution in [1.29, 1.82) is 5.41 Å². The number of aryl methyl sites for hydroxylation is 2. The van der Waals surface area contributed by atoms with E-state index in [-0.39, 0.29) is 5.56 Å². The number of carbonyl (C=O) groups excluding carboxylic acids is 1.